The Kier molecular flexibility index (Phi) is 9.62. The molecule has 0 atom stereocenters. The molecule has 0 spiro atoms. The molecule has 0 amide bonds. The van der Waals surface area contributed by atoms with Gasteiger partial charge in [0, 0.05) is 39.0 Å². The number of nitrogens with one attached hydrogen (secondary N) is 1. The lowest BCUT2D eigenvalue weighted by atomic mass is 10.1. The Balaban J connectivity index is 1.50. The highest BCUT2D eigenvalue weighted by atomic mass is 79.9. The smallest absolute Gasteiger partial charge is 0.307 e. The van der Waals surface area contributed by atoms with E-state index in [1.807, 2.05) is 18.4 Å². The Morgan fingerprint density at radius 2 is 1.75 bits per heavy atom. The lowest BCUT2D eigenvalue weighted by molar-refractivity contribution is -0.142. The third kappa shape index (κ3) is 7.34. The Morgan fingerprint density at radius 1 is 1.06 bits per heavy atom. The van der Waals surface area contributed by atoms with Crippen molar-refractivity contribution in [2.75, 3.05) is 13.2 Å². The topological polar surface area (TPSA) is 94.5 Å². The first kappa shape index (κ1) is 28.2. The maximum Gasteiger partial charge on any atom is 0.307 e. The lowest BCUT2D eigenvalue weighted by Crippen LogP contribution is -2.27. The van der Waals surface area contributed by atoms with Gasteiger partial charge in [0.2, 0.25) is 15.8 Å². The van der Waals surface area contributed by atoms with Crippen LogP contribution in [0.5, 0.6) is 0 Å². The maximum absolute atomic E-state index is 13.1. The number of hydrogen-bond donors (Lipinski definition) is 1. The molecule has 1 aromatic heterocycles. The van der Waals surface area contributed by atoms with Crippen LogP contribution in [0.4, 0.5) is 4.39 Å². The van der Waals surface area contributed by atoms with Crippen LogP contribution in [-0.4, -0.2) is 37.9 Å². The summed E-state index contributed by atoms with van der Waals surface area (Å²) in [5, 5.41) is 0. The third-order valence-corrected chi connectivity index (χ3v) is 8.53. The van der Waals surface area contributed by atoms with Crippen molar-refractivity contribution in [3.05, 3.63) is 85.8 Å². The fraction of sp³-hybridized carbons (Fsp3) is 0.280. The summed E-state index contributed by atoms with van der Waals surface area (Å²) in [5.74, 6) is -1.32. The quantitative estimate of drug-likeness (QED) is 0.232. The largest absolute Gasteiger partial charge is 0.457 e. The number of ketones is 1. The van der Waals surface area contributed by atoms with Crippen molar-refractivity contribution in [3.8, 4) is 0 Å². The van der Waals surface area contributed by atoms with E-state index in [1.165, 1.54) is 18.2 Å². The summed E-state index contributed by atoms with van der Waals surface area (Å²) in [7, 11) is -3.84. The van der Waals surface area contributed by atoms with Crippen LogP contribution in [0.2, 0.25) is 0 Å². The van der Waals surface area contributed by atoms with E-state index >= 15 is 0 Å². The van der Waals surface area contributed by atoms with Crippen LogP contribution in [0.15, 0.2) is 62.4 Å². The van der Waals surface area contributed by atoms with Gasteiger partial charge in [0.25, 0.3) is 0 Å². The van der Waals surface area contributed by atoms with Gasteiger partial charge in [-0.3, -0.25) is 9.59 Å². The molecule has 3 rings (SSSR count). The number of aryl methyl sites for hydroxylation is 2. The Labute approximate surface area is 226 Å². The van der Waals surface area contributed by atoms with E-state index in [-0.39, 0.29) is 29.5 Å². The van der Waals surface area contributed by atoms with E-state index in [4.69, 9.17) is 4.74 Å². The fourth-order valence-corrected chi connectivity index (χ4v) is 6.20. The number of esters is 1. The van der Waals surface area contributed by atoms with Gasteiger partial charge >= 0.3 is 5.97 Å². The number of benzene rings is 2. The third-order valence-electron chi connectivity index (χ3n) is 5.58. The second kappa shape index (κ2) is 12.3. The zero-order chi connectivity index (χ0) is 26.5. The summed E-state index contributed by atoms with van der Waals surface area (Å²) in [4.78, 5) is 24.8. The van der Waals surface area contributed by atoms with Crippen molar-refractivity contribution in [2.24, 2.45) is 0 Å². The second-order valence-electron chi connectivity index (χ2n) is 8.12. The summed E-state index contributed by atoms with van der Waals surface area (Å²) in [6.07, 6.45) is 0.445. The van der Waals surface area contributed by atoms with E-state index in [0.717, 1.165) is 17.0 Å². The summed E-state index contributed by atoms with van der Waals surface area (Å²) >= 11 is 6.44. The monoisotopic (exact) mass is 642 g/mol. The van der Waals surface area contributed by atoms with E-state index in [9.17, 15) is 22.4 Å². The van der Waals surface area contributed by atoms with Gasteiger partial charge in [-0.05, 0) is 78.2 Å². The zero-order valence-electron chi connectivity index (χ0n) is 19.7. The number of sulfonamides is 1. The molecular weight excluding hydrogens is 619 g/mol. The highest BCUT2D eigenvalue weighted by Crippen LogP contribution is 2.25. The molecule has 1 heterocycles. The number of hydrogen-bond acceptors (Lipinski definition) is 5. The van der Waals surface area contributed by atoms with Gasteiger partial charge in [0.1, 0.15) is 5.82 Å². The Hall–Kier alpha value is -2.34. The zero-order valence-corrected chi connectivity index (χ0v) is 23.7. The number of carbonyl (C=O) groups is 2. The molecule has 0 aliphatic rings. The molecule has 7 nitrogen and oxygen atoms in total. The molecule has 0 saturated carbocycles. The van der Waals surface area contributed by atoms with Crippen molar-refractivity contribution in [2.45, 2.75) is 38.1 Å². The first-order valence-corrected chi connectivity index (χ1v) is 14.1. The molecule has 192 valence electrons. The highest BCUT2D eigenvalue weighted by Gasteiger charge is 2.20. The number of halogens is 3. The number of carbonyl (C=O) groups excluding carboxylic acids is 2. The molecule has 0 saturated heterocycles. The minimum absolute atomic E-state index is 0.0372. The van der Waals surface area contributed by atoms with Gasteiger partial charge < -0.3 is 9.30 Å². The highest BCUT2D eigenvalue weighted by molar-refractivity contribution is 9.11. The summed E-state index contributed by atoms with van der Waals surface area (Å²) in [6.45, 7) is 3.71. The van der Waals surface area contributed by atoms with Crippen LogP contribution in [0, 0.1) is 19.7 Å². The van der Waals surface area contributed by atoms with Crippen LogP contribution in [0.1, 0.15) is 33.7 Å². The van der Waals surface area contributed by atoms with E-state index in [0.29, 0.717) is 27.5 Å². The normalized spacial score (nSPS) is 11.5. The van der Waals surface area contributed by atoms with Crippen LogP contribution >= 0.6 is 31.9 Å². The van der Waals surface area contributed by atoms with Crippen LogP contribution in [-0.2, 0) is 32.5 Å². The summed E-state index contributed by atoms with van der Waals surface area (Å²) in [5.41, 5.74) is 3.08. The first-order valence-electron chi connectivity index (χ1n) is 11.0. The van der Waals surface area contributed by atoms with Crippen LogP contribution < -0.4 is 4.72 Å². The van der Waals surface area contributed by atoms with Crippen LogP contribution in [0.25, 0.3) is 0 Å². The Bertz CT molecular complexity index is 1370. The molecule has 11 heteroatoms. The minimum atomic E-state index is -3.84. The SMILES string of the molecule is Cc1cc(C(=O)COC(=O)CCNS(=O)(=O)c2cc(Br)ccc2Br)c(C)n1CCc1ccc(F)cc1. The molecule has 0 fully saturated rings. The molecule has 0 unspecified atom stereocenters. The Morgan fingerprint density at radius 3 is 2.44 bits per heavy atom. The molecule has 36 heavy (non-hydrogen) atoms. The molecular formula is C25H25Br2FN2O5S. The number of ether oxygens (including phenoxy) is 1. The summed E-state index contributed by atoms with van der Waals surface area (Å²) < 4.78 is 48.5. The first-order chi connectivity index (χ1) is 17.0. The lowest BCUT2D eigenvalue weighted by Gasteiger charge is -2.10. The molecule has 3 aromatic rings. The van der Waals surface area contributed by atoms with Gasteiger partial charge in [-0.1, -0.05) is 28.1 Å². The van der Waals surface area contributed by atoms with Crippen molar-refractivity contribution in [3.63, 3.8) is 0 Å². The van der Waals surface area contributed by atoms with Gasteiger partial charge in [-0.2, -0.15) is 0 Å². The predicted molar refractivity (Wildman–Crippen MR) is 141 cm³/mol. The molecule has 2 aromatic carbocycles. The van der Waals surface area contributed by atoms with Crippen molar-refractivity contribution in [1.29, 1.82) is 0 Å². The second-order valence-corrected chi connectivity index (χ2v) is 11.6. The predicted octanol–water partition coefficient (Wildman–Crippen LogP) is 5.11. The van der Waals surface area contributed by atoms with Gasteiger partial charge in [-0.25, -0.2) is 17.5 Å². The summed E-state index contributed by atoms with van der Waals surface area (Å²) in [6, 6.07) is 12.8. The van der Waals surface area contributed by atoms with Crippen molar-refractivity contribution in [1.82, 2.24) is 9.29 Å². The average molecular weight is 644 g/mol. The van der Waals surface area contributed by atoms with E-state index in [1.54, 1.807) is 30.3 Å². The standard InChI is InChI=1S/C25H25Br2FN2O5S/c1-16-13-21(17(2)30(16)12-10-18-3-6-20(28)7-4-18)23(31)15-35-25(32)9-11-29-36(33,34)24-14-19(26)5-8-22(24)27/h3-8,13-14,29H,9-12,15H2,1-2H3. The number of aromatic nitrogens is 1. The van der Waals surface area contributed by atoms with E-state index in [2.05, 4.69) is 36.6 Å². The number of rotatable bonds is 11. The molecule has 1 N–H and O–H groups in total. The van der Waals surface area contributed by atoms with Gasteiger partial charge in [-0.15, -0.1) is 0 Å². The molecule has 0 aliphatic carbocycles. The van der Waals surface area contributed by atoms with Gasteiger partial charge in [0.15, 0.2) is 6.61 Å². The van der Waals surface area contributed by atoms with E-state index < -0.39 is 22.6 Å². The van der Waals surface area contributed by atoms with Crippen molar-refractivity contribution >= 4 is 53.6 Å². The van der Waals surface area contributed by atoms with Gasteiger partial charge in [0.05, 0.1) is 11.3 Å². The van der Waals surface area contributed by atoms with Crippen LogP contribution in [0.3, 0.4) is 0 Å². The average Bonchev–Trinajstić information content (AvgIpc) is 3.11. The number of Topliss-reactive ketones (excluding diaryl/α,β-unsaturated/α-hetero) is 1. The maximum atomic E-state index is 13.1. The fourth-order valence-electron chi connectivity index (χ4n) is 3.66. The minimum Gasteiger partial charge on any atom is -0.457 e. The molecule has 0 bridgehead atoms. The molecule has 0 radical (unpaired) electrons. The molecule has 0 aliphatic heterocycles. The number of nitrogens with zero attached hydrogens (tertiary/aromatic N) is 1. The van der Waals surface area contributed by atoms with Crippen molar-refractivity contribution < 1.29 is 27.1 Å².